The van der Waals surface area contributed by atoms with Crippen LogP contribution in [0.1, 0.15) is 13.3 Å². The van der Waals surface area contributed by atoms with E-state index in [-0.39, 0.29) is 0 Å². The van der Waals surface area contributed by atoms with Crippen molar-refractivity contribution in [2.75, 3.05) is 20.2 Å². The Kier molecular flexibility index (Phi) is 1.46. The summed E-state index contributed by atoms with van der Waals surface area (Å²) in [6, 6.07) is 0.708. The van der Waals surface area contributed by atoms with Crippen molar-refractivity contribution < 1.29 is 4.74 Å². The van der Waals surface area contributed by atoms with Crippen molar-refractivity contribution in [1.82, 2.24) is 4.90 Å². The molecule has 3 heterocycles. The van der Waals surface area contributed by atoms with E-state index < -0.39 is 0 Å². The van der Waals surface area contributed by atoms with E-state index in [1.807, 2.05) is 0 Å². The molecule has 2 heteroatoms. The fourth-order valence-corrected chi connectivity index (χ4v) is 2.02. The standard InChI is InChI=1S/C8H15NO/c1-6-3-7-5-10-8(6)4-9(7)2/h6-8H,3-5H2,1-2H3/t6?,7-,8?/m0/s1. The second-order valence-corrected chi connectivity index (χ2v) is 3.68. The Morgan fingerprint density at radius 2 is 2.30 bits per heavy atom. The van der Waals surface area contributed by atoms with Gasteiger partial charge in [0.05, 0.1) is 12.7 Å². The van der Waals surface area contributed by atoms with E-state index in [1.54, 1.807) is 0 Å². The molecule has 3 fully saturated rings. The van der Waals surface area contributed by atoms with Gasteiger partial charge in [0.15, 0.2) is 0 Å². The lowest BCUT2D eigenvalue weighted by atomic mass is 9.88. The number of likely N-dealkylation sites (N-methyl/N-ethyl adjacent to an activating group) is 1. The molecule has 2 bridgehead atoms. The predicted octanol–water partition coefficient (Wildman–Crippen LogP) is 0.725. The molecule has 3 rings (SSSR count). The summed E-state index contributed by atoms with van der Waals surface area (Å²) < 4.78 is 5.62. The van der Waals surface area contributed by atoms with Gasteiger partial charge in [-0.05, 0) is 19.4 Å². The highest BCUT2D eigenvalue weighted by atomic mass is 16.5. The van der Waals surface area contributed by atoms with Crippen molar-refractivity contribution in [2.45, 2.75) is 25.5 Å². The van der Waals surface area contributed by atoms with Gasteiger partial charge in [-0.25, -0.2) is 0 Å². The molecule has 3 atom stereocenters. The second kappa shape index (κ2) is 2.21. The third-order valence-corrected chi connectivity index (χ3v) is 2.87. The molecule has 0 radical (unpaired) electrons. The zero-order chi connectivity index (χ0) is 7.14. The van der Waals surface area contributed by atoms with E-state index in [2.05, 4.69) is 18.9 Å². The van der Waals surface area contributed by atoms with Crippen LogP contribution in [0.5, 0.6) is 0 Å². The molecule has 0 saturated carbocycles. The summed E-state index contributed by atoms with van der Waals surface area (Å²) in [5.41, 5.74) is 0. The number of piperidine rings is 1. The van der Waals surface area contributed by atoms with Crippen LogP contribution in [0, 0.1) is 5.92 Å². The molecule has 10 heavy (non-hydrogen) atoms. The highest BCUT2D eigenvalue weighted by Gasteiger charge is 2.37. The summed E-state index contributed by atoms with van der Waals surface area (Å²) in [4.78, 5) is 2.42. The first-order chi connectivity index (χ1) is 4.77. The average molecular weight is 141 g/mol. The van der Waals surface area contributed by atoms with Crippen LogP contribution >= 0.6 is 0 Å². The zero-order valence-corrected chi connectivity index (χ0v) is 6.71. The van der Waals surface area contributed by atoms with E-state index in [0.29, 0.717) is 12.1 Å². The van der Waals surface area contributed by atoms with Gasteiger partial charge in [0, 0.05) is 12.6 Å². The molecule has 0 aromatic carbocycles. The van der Waals surface area contributed by atoms with Crippen LogP contribution in [0.3, 0.4) is 0 Å². The molecule has 2 nitrogen and oxygen atoms in total. The van der Waals surface area contributed by atoms with Crippen LogP contribution in [-0.4, -0.2) is 37.2 Å². The lowest BCUT2D eigenvalue weighted by molar-refractivity contribution is -0.125. The lowest BCUT2D eigenvalue weighted by Gasteiger charge is -2.46. The summed E-state index contributed by atoms with van der Waals surface area (Å²) in [6.07, 6.45) is 1.86. The van der Waals surface area contributed by atoms with Crippen LogP contribution in [0.2, 0.25) is 0 Å². The monoisotopic (exact) mass is 141 g/mol. The van der Waals surface area contributed by atoms with Gasteiger partial charge in [-0.1, -0.05) is 6.92 Å². The van der Waals surface area contributed by atoms with Gasteiger partial charge in [0.25, 0.3) is 0 Å². The highest BCUT2D eigenvalue weighted by molar-refractivity contribution is 4.89. The smallest absolute Gasteiger partial charge is 0.0728 e. The molecule has 0 N–H and O–H groups in total. The summed E-state index contributed by atoms with van der Waals surface area (Å²) in [7, 11) is 2.20. The predicted molar refractivity (Wildman–Crippen MR) is 39.9 cm³/mol. The number of hydrogen-bond acceptors (Lipinski definition) is 2. The summed E-state index contributed by atoms with van der Waals surface area (Å²) >= 11 is 0. The lowest BCUT2D eigenvalue weighted by Crippen LogP contribution is -2.56. The molecule has 3 saturated heterocycles. The van der Waals surface area contributed by atoms with Crippen LogP contribution in [0.15, 0.2) is 0 Å². The van der Waals surface area contributed by atoms with Gasteiger partial charge in [-0.2, -0.15) is 0 Å². The van der Waals surface area contributed by atoms with Crippen LogP contribution in [-0.2, 0) is 4.74 Å². The zero-order valence-electron chi connectivity index (χ0n) is 6.71. The Hall–Kier alpha value is -0.0800. The highest BCUT2D eigenvalue weighted by Crippen LogP contribution is 2.29. The minimum Gasteiger partial charge on any atom is -0.375 e. The van der Waals surface area contributed by atoms with Crippen LogP contribution in [0.4, 0.5) is 0 Å². The van der Waals surface area contributed by atoms with Crippen molar-refractivity contribution in [2.24, 2.45) is 5.92 Å². The van der Waals surface area contributed by atoms with Crippen LogP contribution in [0.25, 0.3) is 0 Å². The summed E-state index contributed by atoms with van der Waals surface area (Å²) in [5.74, 6) is 0.787. The van der Waals surface area contributed by atoms with Gasteiger partial charge in [0.2, 0.25) is 0 Å². The second-order valence-electron chi connectivity index (χ2n) is 3.68. The normalized spacial score (nSPS) is 48.0. The largest absolute Gasteiger partial charge is 0.375 e. The maximum atomic E-state index is 5.62. The Bertz CT molecular complexity index is 121. The van der Waals surface area contributed by atoms with Gasteiger partial charge in [-0.3, -0.25) is 4.90 Å². The third-order valence-electron chi connectivity index (χ3n) is 2.87. The third kappa shape index (κ3) is 0.867. The van der Waals surface area contributed by atoms with Crippen molar-refractivity contribution in [1.29, 1.82) is 0 Å². The van der Waals surface area contributed by atoms with E-state index >= 15 is 0 Å². The SMILES string of the molecule is CC1C[C@H]2COC1CN2C. The first-order valence-electron chi connectivity index (χ1n) is 4.09. The number of hydrogen-bond donors (Lipinski definition) is 0. The summed E-state index contributed by atoms with van der Waals surface area (Å²) in [5, 5.41) is 0. The van der Waals surface area contributed by atoms with Crippen molar-refractivity contribution in [3.05, 3.63) is 0 Å². The van der Waals surface area contributed by atoms with Gasteiger partial charge in [0.1, 0.15) is 0 Å². The van der Waals surface area contributed by atoms with Gasteiger partial charge < -0.3 is 4.74 Å². The molecule has 0 aliphatic carbocycles. The molecule has 0 amide bonds. The molecule has 0 spiro atoms. The minimum atomic E-state index is 0.523. The molecule has 3 aliphatic heterocycles. The molecule has 2 unspecified atom stereocenters. The van der Waals surface area contributed by atoms with E-state index in [0.717, 1.165) is 19.1 Å². The van der Waals surface area contributed by atoms with E-state index in [1.165, 1.54) is 6.42 Å². The van der Waals surface area contributed by atoms with Gasteiger partial charge >= 0.3 is 0 Å². The van der Waals surface area contributed by atoms with E-state index in [9.17, 15) is 0 Å². The Labute approximate surface area is 62.2 Å². The molecule has 58 valence electrons. The number of morpholine rings is 1. The van der Waals surface area contributed by atoms with Crippen molar-refractivity contribution in [3.63, 3.8) is 0 Å². The molecular weight excluding hydrogens is 126 g/mol. The number of ether oxygens (including phenoxy) is 1. The first-order valence-corrected chi connectivity index (χ1v) is 4.09. The Morgan fingerprint density at radius 3 is 2.60 bits per heavy atom. The Morgan fingerprint density at radius 1 is 1.50 bits per heavy atom. The minimum absolute atomic E-state index is 0.523. The molecule has 3 aliphatic rings. The van der Waals surface area contributed by atoms with Gasteiger partial charge in [-0.15, -0.1) is 0 Å². The van der Waals surface area contributed by atoms with Crippen LogP contribution < -0.4 is 0 Å². The Balaban J connectivity index is 2.09. The first kappa shape index (κ1) is 6.62. The molecule has 0 aromatic rings. The topological polar surface area (TPSA) is 12.5 Å². The maximum Gasteiger partial charge on any atom is 0.0728 e. The van der Waals surface area contributed by atoms with Crippen molar-refractivity contribution >= 4 is 0 Å². The fraction of sp³-hybridized carbons (Fsp3) is 1.00. The van der Waals surface area contributed by atoms with E-state index in [4.69, 9.17) is 4.74 Å². The van der Waals surface area contributed by atoms with Crippen molar-refractivity contribution in [3.8, 4) is 0 Å². The quantitative estimate of drug-likeness (QED) is 0.493. The summed E-state index contributed by atoms with van der Waals surface area (Å²) in [6.45, 7) is 4.40. The number of nitrogens with zero attached hydrogens (tertiary/aromatic N) is 1. The molecular formula is C8H15NO. The molecule has 0 aromatic heterocycles. The maximum absolute atomic E-state index is 5.62. The fourth-order valence-electron chi connectivity index (χ4n) is 2.02. The number of fused-ring (bicyclic) bond motifs is 3. The average Bonchev–Trinajstić information content (AvgIpc) is 1.91. The number of rotatable bonds is 0.